The topological polar surface area (TPSA) is 46.5 Å². The summed E-state index contributed by atoms with van der Waals surface area (Å²) in [5.74, 6) is -1.48. The van der Waals surface area contributed by atoms with Gasteiger partial charge in [0.05, 0.1) is 13.2 Å². The van der Waals surface area contributed by atoms with Crippen LogP contribution in [0.5, 0.6) is 0 Å². The van der Waals surface area contributed by atoms with Crippen LogP contribution in [-0.4, -0.2) is 17.7 Å². The fourth-order valence-electron chi connectivity index (χ4n) is 1.98. The molecule has 0 aliphatic heterocycles. The van der Waals surface area contributed by atoms with Gasteiger partial charge in [-0.25, -0.2) is 0 Å². The van der Waals surface area contributed by atoms with Gasteiger partial charge in [0.25, 0.3) is 0 Å². The lowest BCUT2D eigenvalue weighted by atomic mass is 9.99. The van der Waals surface area contributed by atoms with Gasteiger partial charge in [0, 0.05) is 0 Å². The molecule has 1 atom stereocenters. The number of hydrogen-bond donors (Lipinski definition) is 1. The molecule has 2 aromatic rings. The number of benzene rings is 2. The molecule has 0 amide bonds. The van der Waals surface area contributed by atoms with Crippen LogP contribution in [0.2, 0.25) is 0 Å². The molecule has 0 spiro atoms. The fraction of sp³-hybridized carbons (Fsp3) is 0.235. The van der Waals surface area contributed by atoms with Crippen molar-refractivity contribution in [1.29, 1.82) is 0 Å². The monoisotopic (exact) mass is 270 g/mol. The van der Waals surface area contributed by atoms with Gasteiger partial charge in [0.1, 0.15) is 5.92 Å². The molecule has 0 heterocycles. The summed E-state index contributed by atoms with van der Waals surface area (Å²) in [5, 5.41) is 9.31. The maximum Gasteiger partial charge on any atom is 0.313 e. The first-order chi connectivity index (χ1) is 9.66. The van der Waals surface area contributed by atoms with Gasteiger partial charge >= 0.3 is 5.97 Å². The van der Waals surface area contributed by atoms with Crippen LogP contribution in [0.25, 0.3) is 0 Å². The third kappa shape index (κ3) is 3.93. The first-order valence-electron chi connectivity index (χ1n) is 6.58. The predicted octanol–water partition coefficient (Wildman–Crippen LogP) is 3.38. The molecule has 1 unspecified atom stereocenters. The van der Waals surface area contributed by atoms with E-state index in [4.69, 9.17) is 4.74 Å². The highest BCUT2D eigenvalue weighted by Crippen LogP contribution is 2.18. The number of aliphatic carboxylic acids is 1. The summed E-state index contributed by atoms with van der Waals surface area (Å²) in [7, 11) is 0. The van der Waals surface area contributed by atoms with Crippen LogP contribution < -0.4 is 0 Å². The molecule has 3 nitrogen and oxygen atoms in total. The van der Waals surface area contributed by atoms with Crippen molar-refractivity contribution < 1.29 is 14.6 Å². The second kappa shape index (κ2) is 6.87. The SMILES string of the molecule is Cc1ccc(C(COCc2ccccc2)C(=O)O)cc1. The Morgan fingerprint density at radius 1 is 1.10 bits per heavy atom. The van der Waals surface area contributed by atoms with Crippen LogP contribution in [-0.2, 0) is 16.1 Å². The molecular formula is C17H18O3. The molecule has 0 fully saturated rings. The van der Waals surface area contributed by atoms with Gasteiger partial charge in [0.2, 0.25) is 0 Å². The molecule has 0 aliphatic rings. The van der Waals surface area contributed by atoms with E-state index in [1.807, 2.05) is 61.5 Å². The number of ether oxygens (including phenoxy) is 1. The standard InChI is InChI=1S/C17H18O3/c1-13-7-9-15(10-8-13)16(17(18)19)12-20-11-14-5-3-2-4-6-14/h2-10,16H,11-12H2,1H3,(H,18,19). The summed E-state index contributed by atoms with van der Waals surface area (Å²) in [6.45, 7) is 2.58. The van der Waals surface area contributed by atoms with E-state index in [1.54, 1.807) is 0 Å². The summed E-state index contributed by atoms with van der Waals surface area (Å²) in [6.07, 6.45) is 0. The van der Waals surface area contributed by atoms with Gasteiger partial charge in [-0.15, -0.1) is 0 Å². The molecule has 0 aliphatic carbocycles. The predicted molar refractivity (Wildman–Crippen MR) is 77.7 cm³/mol. The van der Waals surface area contributed by atoms with Gasteiger partial charge in [-0.3, -0.25) is 4.79 Å². The first kappa shape index (κ1) is 14.3. The molecule has 0 saturated heterocycles. The van der Waals surface area contributed by atoms with Crippen molar-refractivity contribution >= 4 is 5.97 Å². The minimum absolute atomic E-state index is 0.174. The van der Waals surface area contributed by atoms with Crippen LogP contribution in [0.1, 0.15) is 22.6 Å². The van der Waals surface area contributed by atoms with Crippen LogP contribution in [0, 0.1) is 6.92 Å². The van der Waals surface area contributed by atoms with Crippen molar-refractivity contribution in [3.8, 4) is 0 Å². The van der Waals surface area contributed by atoms with Crippen molar-refractivity contribution in [2.75, 3.05) is 6.61 Å². The van der Waals surface area contributed by atoms with Crippen LogP contribution in [0.4, 0.5) is 0 Å². The zero-order chi connectivity index (χ0) is 14.4. The largest absolute Gasteiger partial charge is 0.481 e. The highest BCUT2D eigenvalue weighted by atomic mass is 16.5. The van der Waals surface area contributed by atoms with Crippen molar-refractivity contribution in [2.24, 2.45) is 0 Å². The van der Waals surface area contributed by atoms with Crippen molar-refractivity contribution in [3.05, 3.63) is 71.3 Å². The summed E-state index contributed by atoms with van der Waals surface area (Å²) in [5.41, 5.74) is 2.93. The normalized spacial score (nSPS) is 12.1. The highest BCUT2D eigenvalue weighted by Gasteiger charge is 2.19. The van der Waals surface area contributed by atoms with Gasteiger partial charge in [0.15, 0.2) is 0 Å². The highest BCUT2D eigenvalue weighted by molar-refractivity contribution is 5.76. The third-order valence-corrected chi connectivity index (χ3v) is 3.17. The van der Waals surface area contributed by atoms with Crippen molar-refractivity contribution in [3.63, 3.8) is 0 Å². The molecule has 1 N–H and O–H groups in total. The molecule has 0 bridgehead atoms. The maximum absolute atomic E-state index is 11.3. The second-order valence-electron chi connectivity index (χ2n) is 4.80. The average Bonchev–Trinajstić information content (AvgIpc) is 2.46. The lowest BCUT2D eigenvalue weighted by Gasteiger charge is -2.13. The van der Waals surface area contributed by atoms with E-state index in [2.05, 4.69) is 0 Å². The molecule has 3 heteroatoms. The van der Waals surface area contributed by atoms with Crippen LogP contribution in [0.15, 0.2) is 54.6 Å². The smallest absolute Gasteiger partial charge is 0.313 e. The Labute approximate surface area is 118 Å². The van der Waals surface area contributed by atoms with E-state index in [-0.39, 0.29) is 6.61 Å². The van der Waals surface area contributed by atoms with Crippen LogP contribution >= 0.6 is 0 Å². The third-order valence-electron chi connectivity index (χ3n) is 3.17. The first-order valence-corrected chi connectivity index (χ1v) is 6.58. The molecule has 0 saturated carbocycles. The van der Waals surface area contributed by atoms with E-state index in [1.165, 1.54) is 0 Å². The minimum atomic E-state index is -0.859. The Morgan fingerprint density at radius 2 is 1.75 bits per heavy atom. The average molecular weight is 270 g/mol. The van der Waals surface area contributed by atoms with Gasteiger partial charge in [-0.05, 0) is 18.1 Å². The molecule has 104 valence electrons. The molecule has 20 heavy (non-hydrogen) atoms. The van der Waals surface area contributed by atoms with E-state index >= 15 is 0 Å². The number of carboxylic acids is 1. The zero-order valence-electron chi connectivity index (χ0n) is 11.5. The molecule has 2 rings (SSSR count). The van der Waals surface area contributed by atoms with E-state index in [0.29, 0.717) is 6.61 Å². The number of rotatable bonds is 6. The Bertz CT molecular complexity index is 546. The molecule has 0 radical (unpaired) electrons. The van der Waals surface area contributed by atoms with E-state index < -0.39 is 11.9 Å². The maximum atomic E-state index is 11.3. The summed E-state index contributed by atoms with van der Waals surface area (Å²) >= 11 is 0. The summed E-state index contributed by atoms with van der Waals surface area (Å²) < 4.78 is 5.55. The van der Waals surface area contributed by atoms with Gasteiger partial charge in [-0.2, -0.15) is 0 Å². The number of hydrogen-bond acceptors (Lipinski definition) is 2. The summed E-state index contributed by atoms with van der Waals surface area (Å²) in [6, 6.07) is 17.3. The van der Waals surface area contributed by atoms with Crippen LogP contribution in [0.3, 0.4) is 0 Å². The van der Waals surface area contributed by atoms with Gasteiger partial charge in [-0.1, -0.05) is 60.2 Å². The summed E-state index contributed by atoms with van der Waals surface area (Å²) in [4.78, 5) is 11.3. The number of aryl methyl sites for hydroxylation is 1. The molecular weight excluding hydrogens is 252 g/mol. The quantitative estimate of drug-likeness (QED) is 0.875. The zero-order valence-corrected chi connectivity index (χ0v) is 11.5. The Morgan fingerprint density at radius 3 is 2.35 bits per heavy atom. The molecule has 2 aromatic carbocycles. The lowest BCUT2D eigenvalue weighted by molar-refractivity contribution is -0.140. The minimum Gasteiger partial charge on any atom is -0.481 e. The van der Waals surface area contributed by atoms with Crippen molar-refractivity contribution in [1.82, 2.24) is 0 Å². The molecule has 0 aromatic heterocycles. The van der Waals surface area contributed by atoms with Gasteiger partial charge < -0.3 is 9.84 Å². The van der Waals surface area contributed by atoms with E-state index in [9.17, 15) is 9.90 Å². The second-order valence-corrected chi connectivity index (χ2v) is 4.80. The fourth-order valence-corrected chi connectivity index (χ4v) is 1.98. The Hall–Kier alpha value is -2.13. The Balaban J connectivity index is 1.96. The number of carbonyl (C=O) groups is 1. The lowest BCUT2D eigenvalue weighted by Crippen LogP contribution is -2.17. The van der Waals surface area contributed by atoms with E-state index in [0.717, 1.165) is 16.7 Å². The number of carboxylic acid groups (broad SMARTS) is 1. The van der Waals surface area contributed by atoms with Crippen molar-refractivity contribution in [2.45, 2.75) is 19.4 Å². The Kier molecular flexibility index (Phi) is 4.91.